The molecule has 1 aliphatic rings. The molecule has 0 aromatic carbocycles. The fourth-order valence-electron chi connectivity index (χ4n) is 1.53. The van der Waals surface area contributed by atoms with Gasteiger partial charge in [-0.3, -0.25) is 4.79 Å². The molecule has 14 heavy (non-hydrogen) atoms. The molecule has 0 radical (unpaired) electrons. The molecule has 0 spiro atoms. The van der Waals surface area contributed by atoms with Crippen molar-refractivity contribution in [2.45, 2.75) is 6.42 Å². The molecular formula is C8H9BrN2O2S. The smallest absolute Gasteiger partial charge is 0.308 e. The quantitative estimate of drug-likeness (QED) is 0.895. The molecule has 76 valence electrons. The number of aromatic nitrogens is 1. The van der Waals surface area contributed by atoms with Gasteiger partial charge in [-0.05, 0) is 22.4 Å². The summed E-state index contributed by atoms with van der Waals surface area (Å²) in [6.07, 6.45) is 0.715. The molecule has 4 nitrogen and oxygen atoms in total. The van der Waals surface area contributed by atoms with Crippen LogP contribution in [-0.4, -0.2) is 29.1 Å². The molecule has 0 saturated carbocycles. The third kappa shape index (κ3) is 1.90. The Bertz CT molecular complexity index is 355. The molecule has 0 bridgehead atoms. The third-order valence-electron chi connectivity index (χ3n) is 2.27. The third-order valence-corrected chi connectivity index (χ3v) is 3.88. The van der Waals surface area contributed by atoms with Crippen LogP contribution in [0.3, 0.4) is 0 Å². The Morgan fingerprint density at radius 2 is 2.57 bits per heavy atom. The molecule has 1 saturated heterocycles. The van der Waals surface area contributed by atoms with E-state index in [1.165, 1.54) is 11.3 Å². The summed E-state index contributed by atoms with van der Waals surface area (Å²) < 4.78 is 0.816. The molecule has 1 N–H and O–H groups in total. The molecule has 1 aromatic heterocycles. The lowest BCUT2D eigenvalue weighted by Crippen LogP contribution is -2.22. The van der Waals surface area contributed by atoms with Gasteiger partial charge in [0, 0.05) is 18.5 Å². The Labute approximate surface area is 93.7 Å². The molecule has 0 aliphatic carbocycles. The first-order chi connectivity index (χ1) is 6.66. The van der Waals surface area contributed by atoms with Gasteiger partial charge in [-0.2, -0.15) is 0 Å². The molecule has 2 heterocycles. The Morgan fingerprint density at radius 3 is 3.07 bits per heavy atom. The first-order valence-corrected chi connectivity index (χ1v) is 5.93. The van der Waals surface area contributed by atoms with E-state index < -0.39 is 5.97 Å². The van der Waals surface area contributed by atoms with Gasteiger partial charge in [0.25, 0.3) is 0 Å². The van der Waals surface area contributed by atoms with Crippen molar-refractivity contribution in [2.24, 2.45) is 5.92 Å². The highest BCUT2D eigenvalue weighted by Gasteiger charge is 2.29. The van der Waals surface area contributed by atoms with E-state index in [1.807, 2.05) is 10.3 Å². The van der Waals surface area contributed by atoms with Crippen LogP contribution in [0, 0.1) is 5.92 Å². The van der Waals surface area contributed by atoms with E-state index in [4.69, 9.17) is 5.11 Å². The number of hydrogen-bond acceptors (Lipinski definition) is 4. The van der Waals surface area contributed by atoms with Gasteiger partial charge in [-0.1, -0.05) is 0 Å². The zero-order chi connectivity index (χ0) is 10.1. The molecule has 2 rings (SSSR count). The highest BCUT2D eigenvalue weighted by Crippen LogP contribution is 2.28. The zero-order valence-electron chi connectivity index (χ0n) is 7.31. The number of thiazole rings is 1. The predicted molar refractivity (Wildman–Crippen MR) is 57.8 cm³/mol. The van der Waals surface area contributed by atoms with E-state index in [0.29, 0.717) is 13.0 Å². The number of rotatable bonds is 2. The van der Waals surface area contributed by atoms with Gasteiger partial charge in [-0.25, -0.2) is 4.98 Å². The number of carboxylic acids is 1. The first kappa shape index (κ1) is 9.92. The van der Waals surface area contributed by atoms with Crippen molar-refractivity contribution >= 4 is 38.4 Å². The van der Waals surface area contributed by atoms with Crippen molar-refractivity contribution in [3.05, 3.63) is 9.98 Å². The zero-order valence-corrected chi connectivity index (χ0v) is 9.71. The highest BCUT2D eigenvalue weighted by molar-refractivity contribution is 9.10. The van der Waals surface area contributed by atoms with Gasteiger partial charge < -0.3 is 10.0 Å². The number of aliphatic carboxylic acids is 1. The lowest BCUT2D eigenvalue weighted by Gasteiger charge is -2.12. The molecule has 1 unspecified atom stereocenters. The van der Waals surface area contributed by atoms with E-state index in [2.05, 4.69) is 20.9 Å². The minimum atomic E-state index is -0.705. The number of anilines is 1. The highest BCUT2D eigenvalue weighted by atomic mass is 79.9. The van der Waals surface area contributed by atoms with Crippen LogP contribution in [0.4, 0.5) is 5.13 Å². The second-order valence-corrected chi connectivity index (χ2v) is 4.87. The number of halogens is 1. The Morgan fingerprint density at radius 1 is 1.79 bits per heavy atom. The summed E-state index contributed by atoms with van der Waals surface area (Å²) in [4.78, 5) is 17.0. The van der Waals surface area contributed by atoms with Crippen LogP contribution in [0.15, 0.2) is 9.98 Å². The van der Waals surface area contributed by atoms with Crippen LogP contribution in [-0.2, 0) is 4.79 Å². The monoisotopic (exact) mass is 276 g/mol. The standard InChI is InChI=1S/C8H9BrN2O2S/c9-6-4-14-8(10-6)11-2-1-5(3-11)7(12)13/h4-5H,1-3H2,(H,12,13). The molecule has 1 aromatic rings. The number of hydrogen-bond donors (Lipinski definition) is 1. The number of carbonyl (C=O) groups is 1. The summed E-state index contributed by atoms with van der Waals surface area (Å²) >= 11 is 4.82. The van der Waals surface area contributed by atoms with E-state index in [9.17, 15) is 4.79 Å². The van der Waals surface area contributed by atoms with Crippen molar-refractivity contribution in [2.75, 3.05) is 18.0 Å². The van der Waals surface area contributed by atoms with Crippen molar-refractivity contribution in [3.63, 3.8) is 0 Å². The van der Waals surface area contributed by atoms with Gasteiger partial charge in [-0.15, -0.1) is 11.3 Å². The number of nitrogens with zero attached hydrogens (tertiary/aromatic N) is 2. The maximum absolute atomic E-state index is 10.7. The molecule has 0 amide bonds. The molecule has 1 aliphatic heterocycles. The van der Waals surface area contributed by atoms with Crippen molar-refractivity contribution in [1.29, 1.82) is 0 Å². The largest absolute Gasteiger partial charge is 0.481 e. The number of carboxylic acid groups (broad SMARTS) is 1. The average Bonchev–Trinajstić information content (AvgIpc) is 2.70. The summed E-state index contributed by atoms with van der Waals surface area (Å²) in [7, 11) is 0. The van der Waals surface area contributed by atoms with Crippen LogP contribution in [0.5, 0.6) is 0 Å². The van der Waals surface area contributed by atoms with Gasteiger partial charge in [0.05, 0.1) is 5.92 Å². The average molecular weight is 277 g/mol. The van der Waals surface area contributed by atoms with E-state index >= 15 is 0 Å². The summed E-state index contributed by atoms with van der Waals surface area (Å²) in [5.41, 5.74) is 0. The van der Waals surface area contributed by atoms with Crippen LogP contribution < -0.4 is 4.90 Å². The maximum Gasteiger partial charge on any atom is 0.308 e. The van der Waals surface area contributed by atoms with E-state index in [-0.39, 0.29) is 5.92 Å². The Balaban J connectivity index is 2.05. The van der Waals surface area contributed by atoms with Gasteiger partial charge in [0.15, 0.2) is 5.13 Å². The van der Waals surface area contributed by atoms with E-state index in [1.54, 1.807) is 0 Å². The van der Waals surface area contributed by atoms with Crippen molar-refractivity contribution in [1.82, 2.24) is 4.98 Å². The van der Waals surface area contributed by atoms with Crippen LogP contribution in [0.2, 0.25) is 0 Å². The molecule has 1 fully saturated rings. The topological polar surface area (TPSA) is 53.4 Å². The minimum Gasteiger partial charge on any atom is -0.481 e. The maximum atomic E-state index is 10.7. The fourth-order valence-corrected chi connectivity index (χ4v) is 2.81. The first-order valence-electron chi connectivity index (χ1n) is 4.25. The van der Waals surface area contributed by atoms with Gasteiger partial charge in [0.1, 0.15) is 4.60 Å². The Hall–Kier alpha value is -0.620. The van der Waals surface area contributed by atoms with Crippen LogP contribution >= 0.6 is 27.3 Å². The van der Waals surface area contributed by atoms with Crippen molar-refractivity contribution < 1.29 is 9.90 Å². The summed E-state index contributed by atoms with van der Waals surface area (Å²) in [6.45, 7) is 1.37. The lowest BCUT2D eigenvalue weighted by atomic mass is 10.1. The summed E-state index contributed by atoms with van der Waals surface area (Å²) in [5, 5.41) is 11.6. The normalized spacial score (nSPS) is 21.5. The molecule has 6 heteroatoms. The lowest BCUT2D eigenvalue weighted by molar-refractivity contribution is -0.140. The van der Waals surface area contributed by atoms with E-state index in [0.717, 1.165) is 16.3 Å². The minimum absolute atomic E-state index is 0.238. The summed E-state index contributed by atoms with van der Waals surface area (Å²) in [5.74, 6) is -0.944. The fraction of sp³-hybridized carbons (Fsp3) is 0.500. The van der Waals surface area contributed by atoms with Crippen LogP contribution in [0.25, 0.3) is 0 Å². The Kier molecular flexibility index (Phi) is 2.73. The second-order valence-electron chi connectivity index (χ2n) is 3.22. The predicted octanol–water partition coefficient (Wildman–Crippen LogP) is 1.82. The van der Waals surface area contributed by atoms with Crippen molar-refractivity contribution in [3.8, 4) is 0 Å². The van der Waals surface area contributed by atoms with Gasteiger partial charge >= 0.3 is 5.97 Å². The summed E-state index contributed by atoms with van der Waals surface area (Å²) in [6, 6.07) is 0. The second kappa shape index (κ2) is 3.86. The molecular weight excluding hydrogens is 268 g/mol. The SMILES string of the molecule is O=C(O)C1CCN(c2nc(Br)cs2)C1. The van der Waals surface area contributed by atoms with Gasteiger partial charge in [0.2, 0.25) is 0 Å². The molecule has 1 atom stereocenters. The van der Waals surface area contributed by atoms with Crippen LogP contribution in [0.1, 0.15) is 6.42 Å².